The van der Waals surface area contributed by atoms with Gasteiger partial charge in [0, 0.05) is 37.5 Å². The van der Waals surface area contributed by atoms with Crippen LogP contribution in [0.25, 0.3) is 11.3 Å². The number of rotatable bonds is 7. The molecule has 164 valence electrons. The maximum absolute atomic E-state index is 12.9. The van der Waals surface area contributed by atoms with Crippen LogP contribution < -0.4 is 15.6 Å². The number of benzene rings is 2. The molecular weight excluding hydrogens is 406 g/mol. The van der Waals surface area contributed by atoms with Crippen LogP contribution in [0.5, 0.6) is 5.75 Å². The minimum Gasteiger partial charge on any atom is -0.497 e. The van der Waals surface area contributed by atoms with Gasteiger partial charge in [0.05, 0.1) is 7.11 Å². The molecule has 4 aromatic rings. The monoisotopic (exact) mass is 431 g/mol. The number of hydrogen-bond acceptors (Lipinski definition) is 5. The van der Waals surface area contributed by atoms with Crippen molar-refractivity contribution in [2.45, 2.75) is 33.2 Å². The van der Waals surface area contributed by atoms with Gasteiger partial charge in [-0.05, 0) is 54.8 Å². The molecule has 2 aromatic heterocycles. The number of carbonyl (C=O) groups excluding carboxylic acids is 1. The summed E-state index contributed by atoms with van der Waals surface area (Å²) in [6.45, 7) is 4.46. The van der Waals surface area contributed by atoms with Crippen LogP contribution in [0.2, 0.25) is 0 Å². The van der Waals surface area contributed by atoms with Crippen molar-refractivity contribution >= 4 is 11.6 Å². The number of aromatic nitrogens is 4. The molecule has 0 spiro atoms. The third kappa shape index (κ3) is 4.39. The van der Waals surface area contributed by atoms with Crippen molar-refractivity contribution in [3.05, 3.63) is 87.7 Å². The summed E-state index contributed by atoms with van der Waals surface area (Å²) in [7, 11) is 1.61. The smallest absolute Gasteiger partial charge is 0.300 e. The molecule has 0 bridgehead atoms. The van der Waals surface area contributed by atoms with Gasteiger partial charge in [-0.15, -0.1) is 10.2 Å². The van der Waals surface area contributed by atoms with Crippen LogP contribution in [0.3, 0.4) is 0 Å². The van der Waals surface area contributed by atoms with Crippen molar-refractivity contribution in [3.8, 4) is 11.4 Å². The van der Waals surface area contributed by atoms with Crippen LogP contribution in [0.15, 0.2) is 59.7 Å². The largest absolute Gasteiger partial charge is 0.497 e. The summed E-state index contributed by atoms with van der Waals surface area (Å²) in [6.07, 6.45) is 4.08. The standard InChI is InChI=1S/C24H25N5O3/c1-16-7-8-19(13-17(16)2)28-11-12-29-21(26-27-23(29)24(28)31)9-10-22(30)25-15-18-5-4-6-20(14-18)32-3/h4-8,11-14H,9-10,15H2,1-3H3,(H,25,30). The number of hydrogen-bond donors (Lipinski definition) is 1. The molecule has 0 radical (unpaired) electrons. The van der Waals surface area contributed by atoms with Crippen LogP contribution in [-0.4, -0.2) is 32.2 Å². The van der Waals surface area contributed by atoms with Gasteiger partial charge in [-0.1, -0.05) is 18.2 Å². The van der Waals surface area contributed by atoms with Crippen molar-refractivity contribution in [3.63, 3.8) is 0 Å². The summed E-state index contributed by atoms with van der Waals surface area (Å²) in [5.74, 6) is 1.21. The van der Waals surface area contributed by atoms with E-state index in [1.165, 1.54) is 0 Å². The summed E-state index contributed by atoms with van der Waals surface area (Å²) in [4.78, 5) is 25.2. The molecule has 0 fully saturated rings. The predicted octanol–water partition coefficient (Wildman–Crippen LogP) is 2.75. The second-order valence-corrected chi connectivity index (χ2v) is 7.68. The molecule has 4 rings (SSSR count). The lowest BCUT2D eigenvalue weighted by atomic mass is 10.1. The van der Waals surface area contributed by atoms with E-state index in [4.69, 9.17) is 4.74 Å². The molecule has 32 heavy (non-hydrogen) atoms. The average Bonchev–Trinajstić information content (AvgIpc) is 3.22. The van der Waals surface area contributed by atoms with E-state index in [1.807, 2.05) is 56.3 Å². The van der Waals surface area contributed by atoms with Gasteiger partial charge in [0.15, 0.2) is 0 Å². The van der Waals surface area contributed by atoms with Gasteiger partial charge in [0.2, 0.25) is 11.6 Å². The highest BCUT2D eigenvalue weighted by atomic mass is 16.5. The molecule has 0 aliphatic heterocycles. The minimum atomic E-state index is -0.253. The van der Waals surface area contributed by atoms with Crippen molar-refractivity contribution in [2.75, 3.05) is 7.11 Å². The normalized spacial score (nSPS) is 11.0. The average molecular weight is 431 g/mol. The Kier molecular flexibility index (Phi) is 6.02. The number of aryl methyl sites for hydroxylation is 3. The van der Waals surface area contributed by atoms with E-state index in [0.29, 0.717) is 18.8 Å². The molecule has 8 heteroatoms. The Morgan fingerprint density at radius 2 is 1.91 bits per heavy atom. The molecule has 1 N–H and O–H groups in total. The molecule has 0 atom stereocenters. The number of ether oxygens (including phenoxy) is 1. The fraction of sp³-hybridized carbons (Fsp3) is 0.250. The maximum atomic E-state index is 12.9. The molecular formula is C24H25N5O3. The highest BCUT2D eigenvalue weighted by Crippen LogP contribution is 2.14. The first-order valence-electron chi connectivity index (χ1n) is 10.4. The van der Waals surface area contributed by atoms with Gasteiger partial charge in [-0.3, -0.25) is 18.6 Å². The fourth-order valence-electron chi connectivity index (χ4n) is 3.48. The predicted molar refractivity (Wildman–Crippen MR) is 121 cm³/mol. The third-order valence-electron chi connectivity index (χ3n) is 5.51. The fourth-order valence-corrected chi connectivity index (χ4v) is 3.48. The number of methoxy groups -OCH3 is 1. The van der Waals surface area contributed by atoms with Gasteiger partial charge in [-0.25, -0.2) is 0 Å². The number of carbonyl (C=O) groups is 1. The van der Waals surface area contributed by atoms with Crippen molar-refractivity contribution in [1.82, 2.24) is 24.5 Å². The summed E-state index contributed by atoms with van der Waals surface area (Å²) in [5.41, 5.74) is 3.99. The highest BCUT2D eigenvalue weighted by Gasteiger charge is 2.13. The molecule has 0 saturated heterocycles. The Morgan fingerprint density at radius 3 is 2.69 bits per heavy atom. The Bertz CT molecular complexity index is 1340. The number of nitrogens with zero attached hydrogens (tertiary/aromatic N) is 4. The minimum absolute atomic E-state index is 0.104. The Hall–Kier alpha value is -3.94. The van der Waals surface area contributed by atoms with E-state index in [1.54, 1.807) is 28.5 Å². The molecule has 0 unspecified atom stereocenters. The topological polar surface area (TPSA) is 90.5 Å². The second-order valence-electron chi connectivity index (χ2n) is 7.68. The van der Waals surface area contributed by atoms with Crippen LogP contribution in [0.1, 0.15) is 28.9 Å². The molecule has 0 aliphatic carbocycles. The zero-order valence-corrected chi connectivity index (χ0v) is 18.3. The lowest BCUT2D eigenvalue weighted by Gasteiger charge is -2.09. The number of nitrogens with one attached hydrogen (secondary N) is 1. The van der Waals surface area contributed by atoms with E-state index in [-0.39, 0.29) is 23.5 Å². The van der Waals surface area contributed by atoms with Gasteiger partial charge < -0.3 is 10.1 Å². The van der Waals surface area contributed by atoms with E-state index >= 15 is 0 Å². The summed E-state index contributed by atoms with van der Waals surface area (Å²) < 4.78 is 8.40. The first-order valence-corrected chi connectivity index (χ1v) is 10.4. The Morgan fingerprint density at radius 1 is 1.06 bits per heavy atom. The second kappa shape index (κ2) is 9.05. The van der Waals surface area contributed by atoms with E-state index in [9.17, 15) is 9.59 Å². The first kappa shape index (κ1) is 21.3. The van der Waals surface area contributed by atoms with Crippen LogP contribution in [-0.2, 0) is 17.8 Å². The Labute approximate surface area is 185 Å². The summed E-state index contributed by atoms with van der Waals surface area (Å²) in [5, 5.41) is 11.1. The van der Waals surface area contributed by atoms with Crippen molar-refractivity contribution < 1.29 is 9.53 Å². The molecule has 2 heterocycles. The number of amides is 1. The van der Waals surface area contributed by atoms with E-state index < -0.39 is 0 Å². The van der Waals surface area contributed by atoms with Crippen LogP contribution in [0, 0.1) is 13.8 Å². The van der Waals surface area contributed by atoms with Crippen molar-refractivity contribution in [1.29, 1.82) is 0 Å². The SMILES string of the molecule is COc1cccc(CNC(=O)CCc2nnc3c(=O)n(-c4ccc(C)c(C)c4)ccn23)c1. The summed E-state index contributed by atoms with van der Waals surface area (Å²) in [6, 6.07) is 13.4. The first-order chi connectivity index (χ1) is 15.5. The van der Waals surface area contributed by atoms with Gasteiger partial charge in [0.1, 0.15) is 11.6 Å². The van der Waals surface area contributed by atoms with Crippen LogP contribution >= 0.6 is 0 Å². The van der Waals surface area contributed by atoms with Gasteiger partial charge in [-0.2, -0.15) is 0 Å². The van der Waals surface area contributed by atoms with E-state index in [0.717, 1.165) is 28.1 Å². The lowest BCUT2D eigenvalue weighted by molar-refractivity contribution is -0.121. The van der Waals surface area contributed by atoms with E-state index in [2.05, 4.69) is 15.5 Å². The highest BCUT2D eigenvalue weighted by molar-refractivity contribution is 5.76. The summed E-state index contributed by atoms with van der Waals surface area (Å²) >= 11 is 0. The van der Waals surface area contributed by atoms with Gasteiger partial charge in [0.25, 0.3) is 0 Å². The molecule has 0 aliphatic rings. The molecule has 1 amide bonds. The zero-order chi connectivity index (χ0) is 22.7. The lowest BCUT2D eigenvalue weighted by Crippen LogP contribution is -2.23. The zero-order valence-electron chi connectivity index (χ0n) is 18.3. The number of fused-ring (bicyclic) bond motifs is 1. The van der Waals surface area contributed by atoms with Gasteiger partial charge >= 0.3 is 5.56 Å². The van der Waals surface area contributed by atoms with Crippen molar-refractivity contribution in [2.24, 2.45) is 0 Å². The maximum Gasteiger partial charge on any atom is 0.300 e. The molecule has 2 aromatic carbocycles. The quantitative estimate of drug-likeness (QED) is 0.486. The van der Waals surface area contributed by atoms with Crippen LogP contribution in [0.4, 0.5) is 0 Å². The molecule has 8 nitrogen and oxygen atoms in total. The molecule has 0 saturated carbocycles. The third-order valence-corrected chi connectivity index (χ3v) is 5.51. The Balaban J connectivity index is 1.45.